The molecule has 1 heterocycles. The van der Waals surface area contributed by atoms with E-state index in [-0.39, 0.29) is 11.7 Å². The summed E-state index contributed by atoms with van der Waals surface area (Å²) in [6.07, 6.45) is 1.14. The summed E-state index contributed by atoms with van der Waals surface area (Å²) in [6.45, 7) is 8.15. The molecule has 160 valence electrons. The van der Waals surface area contributed by atoms with E-state index in [4.69, 9.17) is 9.47 Å². The molecule has 0 aromatic heterocycles. The van der Waals surface area contributed by atoms with Crippen LogP contribution in [0.5, 0.6) is 11.5 Å². The zero-order valence-corrected chi connectivity index (χ0v) is 18.2. The van der Waals surface area contributed by atoms with Crippen LogP contribution in [0.4, 0.5) is 0 Å². The molecule has 1 aliphatic rings. The number of hydrogen-bond acceptors (Lipinski definition) is 5. The molecule has 1 saturated heterocycles. The number of Topliss-reactive ketones (excluding diaryl/α,β-unsaturated/α-hetero) is 1. The van der Waals surface area contributed by atoms with Gasteiger partial charge in [0.15, 0.2) is 5.78 Å². The highest BCUT2D eigenvalue weighted by Gasteiger charge is 2.22. The molecule has 2 aromatic carbocycles. The minimum absolute atomic E-state index is 0.0692. The maximum absolute atomic E-state index is 12.9. The van der Waals surface area contributed by atoms with Crippen molar-refractivity contribution in [3.8, 4) is 22.6 Å². The Morgan fingerprint density at radius 3 is 1.93 bits per heavy atom. The number of rotatable bonds is 7. The van der Waals surface area contributed by atoms with Crippen LogP contribution in [-0.4, -0.2) is 68.4 Å². The van der Waals surface area contributed by atoms with Crippen molar-refractivity contribution in [3.05, 3.63) is 47.5 Å². The van der Waals surface area contributed by atoms with Crippen molar-refractivity contribution in [2.24, 2.45) is 0 Å². The third-order valence-corrected chi connectivity index (χ3v) is 5.52. The molecule has 0 radical (unpaired) electrons. The third-order valence-electron chi connectivity index (χ3n) is 5.52. The third kappa shape index (κ3) is 4.65. The predicted octanol–water partition coefficient (Wildman–Crippen LogP) is 3.74. The van der Waals surface area contributed by atoms with E-state index in [1.165, 1.54) is 21.1 Å². The summed E-state index contributed by atoms with van der Waals surface area (Å²) in [4.78, 5) is 29.2. The van der Waals surface area contributed by atoms with Crippen LogP contribution in [0.15, 0.2) is 36.4 Å². The van der Waals surface area contributed by atoms with E-state index in [9.17, 15) is 9.59 Å². The predicted molar refractivity (Wildman–Crippen MR) is 118 cm³/mol. The number of ether oxygens (including phenoxy) is 2. The lowest BCUT2D eigenvalue weighted by Crippen LogP contribution is -2.48. The van der Waals surface area contributed by atoms with Gasteiger partial charge in [-0.15, -0.1) is 0 Å². The number of ketones is 1. The monoisotopic (exact) mass is 410 g/mol. The van der Waals surface area contributed by atoms with Gasteiger partial charge in [-0.25, -0.2) is 0 Å². The lowest BCUT2D eigenvalue weighted by molar-refractivity contribution is 0.0637. The molecule has 0 N–H and O–H groups in total. The molecule has 3 rings (SSSR count). The summed E-state index contributed by atoms with van der Waals surface area (Å²) in [7, 11) is 3.07. The van der Waals surface area contributed by atoms with E-state index in [0.717, 1.165) is 50.3 Å². The number of carbonyl (C=O) groups is 2. The van der Waals surface area contributed by atoms with Gasteiger partial charge in [-0.2, -0.15) is 0 Å². The van der Waals surface area contributed by atoms with Gasteiger partial charge in [-0.1, -0.05) is 19.1 Å². The molecule has 6 nitrogen and oxygen atoms in total. The molecule has 0 aliphatic carbocycles. The van der Waals surface area contributed by atoms with Gasteiger partial charge in [-0.05, 0) is 55.3 Å². The number of methoxy groups -OCH3 is 2. The van der Waals surface area contributed by atoms with Crippen LogP contribution in [0.3, 0.4) is 0 Å². The van der Waals surface area contributed by atoms with E-state index < -0.39 is 0 Å². The number of piperazine rings is 1. The Kier molecular flexibility index (Phi) is 7.11. The highest BCUT2D eigenvalue weighted by atomic mass is 16.5. The second-order valence-corrected chi connectivity index (χ2v) is 7.52. The van der Waals surface area contributed by atoms with Crippen LogP contribution in [0, 0.1) is 0 Å². The Morgan fingerprint density at radius 1 is 0.900 bits per heavy atom. The SMILES string of the molecule is CCCN1CCN(C(=O)c2ccc(-c3cc(OC)c(C(C)=O)c(OC)c3)cc2)CC1. The Bertz CT molecular complexity index is 875. The summed E-state index contributed by atoms with van der Waals surface area (Å²) in [5, 5.41) is 0. The maximum Gasteiger partial charge on any atom is 0.253 e. The van der Waals surface area contributed by atoms with Gasteiger partial charge in [0.05, 0.1) is 14.2 Å². The van der Waals surface area contributed by atoms with Crippen LogP contribution in [0.2, 0.25) is 0 Å². The minimum atomic E-state index is -0.116. The van der Waals surface area contributed by atoms with Crippen LogP contribution < -0.4 is 9.47 Å². The van der Waals surface area contributed by atoms with E-state index >= 15 is 0 Å². The summed E-state index contributed by atoms with van der Waals surface area (Å²) >= 11 is 0. The summed E-state index contributed by atoms with van der Waals surface area (Å²) in [5.41, 5.74) is 2.90. The Hall–Kier alpha value is -2.86. The summed E-state index contributed by atoms with van der Waals surface area (Å²) in [5.74, 6) is 0.902. The Labute approximate surface area is 178 Å². The maximum atomic E-state index is 12.9. The molecule has 1 amide bonds. The Morgan fingerprint density at radius 2 is 1.47 bits per heavy atom. The molecular weight excluding hydrogens is 380 g/mol. The quantitative estimate of drug-likeness (QED) is 0.651. The highest BCUT2D eigenvalue weighted by Crippen LogP contribution is 2.35. The second-order valence-electron chi connectivity index (χ2n) is 7.52. The van der Waals surface area contributed by atoms with E-state index in [1.54, 1.807) is 0 Å². The standard InChI is InChI=1S/C24H30N2O4/c1-5-10-25-11-13-26(14-12-25)24(28)19-8-6-18(7-9-19)20-15-21(29-3)23(17(2)27)22(16-20)30-4/h6-9,15-16H,5,10-14H2,1-4H3. The minimum Gasteiger partial charge on any atom is -0.496 e. The first-order valence-electron chi connectivity index (χ1n) is 10.4. The zero-order valence-electron chi connectivity index (χ0n) is 18.2. The highest BCUT2D eigenvalue weighted by molar-refractivity contribution is 6.00. The number of amides is 1. The van der Waals surface area contributed by atoms with Crippen molar-refractivity contribution in [2.45, 2.75) is 20.3 Å². The van der Waals surface area contributed by atoms with Crippen LogP contribution >= 0.6 is 0 Å². The topological polar surface area (TPSA) is 59.1 Å². The fraction of sp³-hybridized carbons (Fsp3) is 0.417. The van der Waals surface area contributed by atoms with Crippen molar-refractivity contribution in [2.75, 3.05) is 46.9 Å². The van der Waals surface area contributed by atoms with Crippen molar-refractivity contribution in [1.82, 2.24) is 9.80 Å². The molecule has 1 aliphatic heterocycles. The lowest BCUT2D eigenvalue weighted by Gasteiger charge is -2.34. The molecule has 0 spiro atoms. The second kappa shape index (κ2) is 9.76. The first-order chi connectivity index (χ1) is 14.5. The van der Waals surface area contributed by atoms with Crippen LogP contribution in [0.25, 0.3) is 11.1 Å². The van der Waals surface area contributed by atoms with Gasteiger partial charge in [0.1, 0.15) is 17.1 Å². The lowest BCUT2D eigenvalue weighted by atomic mass is 9.99. The van der Waals surface area contributed by atoms with Gasteiger partial charge in [0, 0.05) is 31.7 Å². The van der Waals surface area contributed by atoms with Crippen molar-refractivity contribution >= 4 is 11.7 Å². The van der Waals surface area contributed by atoms with Crippen molar-refractivity contribution in [1.29, 1.82) is 0 Å². The smallest absolute Gasteiger partial charge is 0.253 e. The molecule has 1 fully saturated rings. The van der Waals surface area contributed by atoms with Crippen molar-refractivity contribution < 1.29 is 19.1 Å². The number of hydrogen-bond donors (Lipinski definition) is 0. The van der Waals surface area contributed by atoms with E-state index in [2.05, 4.69) is 11.8 Å². The molecule has 2 aromatic rings. The fourth-order valence-electron chi connectivity index (χ4n) is 3.90. The van der Waals surface area contributed by atoms with Gasteiger partial charge in [0.2, 0.25) is 0 Å². The molecule has 0 bridgehead atoms. The van der Waals surface area contributed by atoms with Crippen LogP contribution in [-0.2, 0) is 0 Å². The first kappa shape index (κ1) is 21.8. The summed E-state index contributed by atoms with van der Waals surface area (Å²) < 4.78 is 10.8. The normalized spacial score (nSPS) is 14.5. The van der Waals surface area contributed by atoms with Gasteiger partial charge in [0.25, 0.3) is 5.91 Å². The summed E-state index contributed by atoms with van der Waals surface area (Å²) in [6, 6.07) is 11.2. The average Bonchev–Trinajstić information content (AvgIpc) is 2.78. The number of carbonyl (C=O) groups excluding carboxylic acids is 2. The Balaban J connectivity index is 1.79. The molecule has 30 heavy (non-hydrogen) atoms. The molecule has 0 saturated carbocycles. The van der Waals surface area contributed by atoms with Crippen molar-refractivity contribution in [3.63, 3.8) is 0 Å². The van der Waals surface area contributed by atoms with Gasteiger partial charge < -0.3 is 14.4 Å². The molecular formula is C24H30N2O4. The average molecular weight is 411 g/mol. The van der Waals surface area contributed by atoms with E-state index in [1.807, 2.05) is 41.3 Å². The molecule has 6 heteroatoms. The fourth-order valence-corrected chi connectivity index (χ4v) is 3.90. The zero-order chi connectivity index (χ0) is 21.7. The molecule has 0 atom stereocenters. The largest absolute Gasteiger partial charge is 0.496 e. The first-order valence-corrected chi connectivity index (χ1v) is 10.4. The number of nitrogens with zero attached hydrogens (tertiary/aromatic N) is 2. The van der Waals surface area contributed by atoms with Crippen LogP contribution in [0.1, 0.15) is 41.0 Å². The van der Waals surface area contributed by atoms with Gasteiger partial charge in [-0.3, -0.25) is 14.5 Å². The van der Waals surface area contributed by atoms with Gasteiger partial charge >= 0.3 is 0 Å². The number of benzene rings is 2. The van der Waals surface area contributed by atoms with E-state index in [0.29, 0.717) is 22.6 Å². The molecule has 0 unspecified atom stereocenters.